The molecular formula is C37H52O4. The third-order valence-electron chi connectivity index (χ3n) is 13.9. The monoisotopic (exact) mass is 560 g/mol. The Balaban J connectivity index is 1.24. The minimum absolute atomic E-state index is 0.0185. The van der Waals surface area contributed by atoms with Gasteiger partial charge in [0.2, 0.25) is 0 Å². The van der Waals surface area contributed by atoms with E-state index < -0.39 is 11.9 Å². The summed E-state index contributed by atoms with van der Waals surface area (Å²) in [4.78, 5) is 24.9. The van der Waals surface area contributed by atoms with Crippen molar-refractivity contribution in [1.82, 2.24) is 0 Å². The summed E-state index contributed by atoms with van der Waals surface area (Å²) in [5.74, 6) is 1.35. The molecule has 4 fully saturated rings. The van der Waals surface area contributed by atoms with Crippen molar-refractivity contribution in [2.24, 2.45) is 51.2 Å². The van der Waals surface area contributed by atoms with Crippen LogP contribution >= 0.6 is 0 Å². The fraction of sp³-hybridized carbons (Fsp3) is 0.730. The zero-order chi connectivity index (χ0) is 29.4. The van der Waals surface area contributed by atoms with Crippen molar-refractivity contribution in [3.8, 4) is 0 Å². The Morgan fingerprint density at radius 1 is 0.902 bits per heavy atom. The van der Waals surface area contributed by atoms with E-state index in [1.165, 1.54) is 63.9 Å². The summed E-state index contributed by atoms with van der Waals surface area (Å²) < 4.78 is 6.11. The van der Waals surface area contributed by atoms with Crippen LogP contribution in [0.15, 0.2) is 35.9 Å². The minimum Gasteiger partial charge on any atom is -0.478 e. The zero-order valence-corrected chi connectivity index (χ0v) is 26.3. The maximum absolute atomic E-state index is 13.2. The lowest BCUT2D eigenvalue weighted by Gasteiger charge is -2.67. The quantitative estimate of drug-likeness (QED) is 0.294. The summed E-state index contributed by atoms with van der Waals surface area (Å²) in [6, 6.07) is 6.42. The molecule has 1 aromatic carbocycles. The third kappa shape index (κ3) is 4.44. The first-order valence-corrected chi connectivity index (χ1v) is 16.6. The van der Waals surface area contributed by atoms with E-state index in [4.69, 9.17) is 4.74 Å². The van der Waals surface area contributed by atoms with E-state index in [2.05, 4.69) is 47.6 Å². The van der Waals surface area contributed by atoms with Gasteiger partial charge in [0.15, 0.2) is 0 Å². The highest BCUT2D eigenvalue weighted by Gasteiger charge is 2.63. The molecule has 5 aliphatic carbocycles. The standard InChI is InChI=1S/C37H52O4/c1-7-37-19-15-28-26(29(37)22-34(3,4)20-21-37)12-13-31-35(5)18-16-30(23(2)27(35)14-17-36(28,31)6)41-33(40)25-11-9-8-10-24(25)32(38)39/h8-12,23,27-31H,7,13-22H2,1-6H3,(H,38,39). The molecule has 0 spiro atoms. The molecule has 0 bridgehead atoms. The molecule has 0 saturated heterocycles. The molecule has 4 nitrogen and oxygen atoms in total. The van der Waals surface area contributed by atoms with Crippen molar-refractivity contribution in [3.05, 3.63) is 47.0 Å². The molecule has 0 radical (unpaired) electrons. The predicted octanol–water partition coefficient (Wildman–Crippen LogP) is 9.34. The number of hydrogen-bond donors (Lipinski definition) is 1. The van der Waals surface area contributed by atoms with Gasteiger partial charge >= 0.3 is 11.9 Å². The normalized spacial score (nSPS) is 42.9. The molecule has 0 aliphatic heterocycles. The van der Waals surface area contributed by atoms with Gasteiger partial charge in [-0.3, -0.25) is 0 Å². The van der Waals surface area contributed by atoms with E-state index in [1.807, 2.05) is 5.57 Å². The average Bonchev–Trinajstić information content (AvgIpc) is 2.94. The largest absolute Gasteiger partial charge is 0.478 e. The van der Waals surface area contributed by atoms with Gasteiger partial charge in [0, 0.05) is 0 Å². The molecule has 4 saturated carbocycles. The van der Waals surface area contributed by atoms with Gasteiger partial charge in [0.25, 0.3) is 0 Å². The van der Waals surface area contributed by atoms with Crippen LogP contribution in [0, 0.1) is 51.2 Å². The number of carbonyl (C=O) groups is 2. The number of hydrogen-bond acceptors (Lipinski definition) is 3. The van der Waals surface area contributed by atoms with Crippen LogP contribution in [0.5, 0.6) is 0 Å². The molecule has 1 aromatic rings. The van der Waals surface area contributed by atoms with Crippen LogP contribution in [0.25, 0.3) is 0 Å². The number of carboxylic acids is 1. The predicted molar refractivity (Wildman–Crippen MR) is 163 cm³/mol. The zero-order valence-electron chi connectivity index (χ0n) is 26.3. The molecular weight excluding hydrogens is 508 g/mol. The Morgan fingerprint density at radius 3 is 2.32 bits per heavy atom. The third-order valence-corrected chi connectivity index (χ3v) is 13.9. The molecule has 6 rings (SSSR count). The first-order chi connectivity index (χ1) is 19.4. The van der Waals surface area contributed by atoms with Gasteiger partial charge < -0.3 is 9.84 Å². The van der Waals surface area contributed by atoms with Gasteiger partial charge in [0.05, 0.1) is 11.1 Å². The van der Waals surface area contributed by atoms with E-state index in [1.54, 1.807) is 18.2 Å². The van der Waals surface area contributed by atoms with E-state index >= 15 is 0 Å². The number of carbonyl (C=O) groups excluding carboxylic acids is 1. The number of benzene rings is 1. The molecule has 5 aliphatic rings. The van der Waals surface area contributed by atoms with Crippen molar-refractivity contribution in [1.29, 1.82) is 0 Å². The first kappa shape index (κ1) is 29.0. The van der Waals surface area contributed by atoms with Crippen molar-refractivity contribution in [2.75, 3.05) is 0 Å². The topological polar surface area (TPSA) is 63.6 Å². The Kier molecular flexibility index (Phi) is 7.06. The van der Waals surface area contributed by atoms with Crippen LogP contribution < -0.4 is 0 Å². The van der Waals surface area contributed by atoms with Gasteiger partial charge in [-0.1, -0.05) is 65.3 Å². The molecule has 9 unspecified atom stereocenters. The van der Waals surface area contributed by atoms with Gasteiger partial charge in [-0.2, -0.15) is 0 Å². The maximum atomic E-state index is 13.2. The molecule has 4 heteroatoms. The number of carboxylic acid groups (broad SMARTS) is 1. The molecule has 41 heavy (non-hydrogen) atoms. The van der Waals surface area contributed by atoms with Crippen molar-refractivity contribution >= 4 is 11.9 Å². The van der Waals surface area contributed by atoms with Crippen molar-refractivity contribution in [2.45, 2.75) is 118 Å². The Bertz CT molecular complexity index is 1250. The number of esters is 1. The molecule has 1 N–H and O–H groups in total. The Hall–Kier alpha value is -2.10. The maximum Gasteiger partial charge on any atom is 0.339 e. The lowest BCUT2D eigenvalue weighted by Crippen LogP contribution is -2.59. The van der Waals surface area contributed by atoms with E-state index in [0.717, 1.165) is 24.7 Å². The summed E-state index contributed by atoms with van der Waals surface area (Å²) in [7, 11) is 0. The van der Waals surface area contributed by atoms with Crippen molar-refractivity contribution in [3.63, 3.8) is 0 Å². The van der Waals surface area contributed by atoms with Crippen LogP contribution in [0.4, 0.5) is 0 Å². The lowest BCUT2D eigenvalue weighted by molar-refractivity contribution is -0.158. The fourth-order valence-corrected chi connectivity index (χ4v) is 11.4. The fourth-order valence-electron chi connectivity index (χ4n) is 11.4. The number of rotatable bonds is 4. The molecule has 0 aromatic heterocycles. The second-order valence-corrected chi connectivity index (χ2v) is 16.1. The number of allylic oxidation sites excluding steroid dienone is 2. The Labute approximate surface area is 247 Å². The second kappa shape index (κ2) is 9.98. The van der Waals surface area contributed by atoms with E-state index in [-0.39, 0.29) is 28.6 Å². The summed E-state index contributed by atoms with van der Waals surface area (Å²) >= 11 is 0. The highest BCUT2D eigenvalue weighted by molar-refractivity contribution is 6.02. The van der Waals surface area contributed by atoms with E-state index in [0.29, 0.717) is 28.1 Å². The first-order valence-electron chi connectivity index (χ1n) is 16.6. The highest BCUT2D eigenvalue weighted by Crippen LogP contribution is 2.71. The minimum atomic E-state index is -1.09. The summed E-state index contributed by atoms with van der Waals surface area (Å²) in [6.07, 6.45) is 16.4. The molecule has 224 valence electrons. The smallest absolute Gasteiger partial charge is 0.339 e. The number of fused-ring (bicyclic) bond motifs is 7. The van der Waals surface area contributed by atoms with Crippen LogP contribution in [0.1, 0.15) is 133 Å². The van der Waals surface area contributed by atoms with Gasteiger partial charge in [0.1, 0.15) is 6.10 Å². The van der Waals surface area contributed by atoms with Gasteiger partial charge in [-0.25, -0.2) is 9.59 Å². The number of aromatic carboxylic acids is 1. The SMILES string of the molecule is CCC12CCC3C(=CCC4C3(C)CCC3C(C)C(OC(=O)c5ccccc5C(=O)O)CCC34C)C1CC(C)(C)CC2. The van der Waals surface area contributed by atoms with Crippen LogP contribution in [0.2, 0.25) is 0 Å². The number of ether oxygens (including phenoxy) is 1. The molecule has 0 heterocycles. The van der Waals surface area contributed by atoms with Crippen LogP contribution in [-0.4, -0.2) is 23.1 Å². The summed E-state index contributed by atoms with van der Waals surface area (Å²) in [5, 5.41) is 9.58. The van der Waals surface area contributed by atoms with Crippen LogP contribution in [-0.2, 0) is 4.74 Å². The molecule has 0 amide bonds. The molecule has 9 atom stereocenters. The summed E-state index contributed by atoms with van der Waals surface area (Å²) in [6.45, 7) is 15.0. The lowest BCUT2D eigenvalue weighted by atomic mass is 9.38. The average molecular weight is 561 g/mol. The highest BCUT2D eigenvalue weighted by atomic mass is 16.5. The second-order valence-electron chi connectivity index (χ2n) is 16.1. The van der Waals surface area contributed by atoms with Crippen molar-refractivity contribution < 1.29 is 19.4 Å². The Morgan fingerprint density at radius 2 is 1.61 bits per heavy atom. The van der Waals surface area contributed by atoms with Crippen LogP contribution in [0.3, 0.4) is 0 Å². The van der Waals surface area contributed by atoms with Gasteiger partial charge in [-0.15, -0.1) is 0 Å². The van der Waals surface area contributed by atoms with Gasteiger partial charge in [-0.05, 0) is 134 Å². The van der Waals surface area contributed by atoms with E-state index in [9.17, 15) is 14.7 Å². The summed E-state index contributed by atoms with van der Waals surface area (Å²) in [5.41, 5.74) is 3.58.